The van der Waals surface area contributed by atoms with Gasteiger partial charge in [0.1, 0.15) is 17.7 Å². The molecule has 1 atom stereocenters. The van der Waals surface area contributed by atoms with Crippen LogP contribution in [0, 0.1) is 23.0 Å². The minimum atomic E-state index is -0.876. The van der Waals surface area contributed by atoms with Crippen LogP contribution in [-0.4, -0.2) is 11.2 Å². The third-order valence-electron chi connectivity index (χ3n) is 1.77. The van der Waals surface area contributed by atoms with Crippen LogP contribution in [0.3, 0.4) is 0 Å². The molecule has 0 radical (unpaired) electrons. The van der Waals surface area contributed by atoms with Crippen molar-refractivity contribution in [2.75, 3.05) is 0 Å². The Balaban J connectivity index is 3.12. The maximum absolute atomic E-state index is 13.1. The van der Waals surface area contributed by atoms with E-state index < -0.39 is 17.7 Å². The third kappa shape index (κ3) is 2.27. The SMILES string of the molecule is CC(O)Cc1cc(C#N)c(F)cc1F. The van der Waals surface area contributed by atoms with Gasteiger partial charge in [-0.05, 0) is 18.6 Å². The van der Waals surface area contributed by atoms with Crippen LogP contribution in [0.15, 0.2) is 12.1 Å². The largest absolute Gasteiger partial charge is 0.393 e. The van der Waals surface area contributed by atoms with Crippen LogP contribution in [0.25, 0.3) is 0 Å². The molecule has 0 amide bonds. The van der Waals surface area contributed by atoms with Crippen molar-refractivity contribution in [3.63, 3.8) is 0 Å². The fourth-order valence-corrected chi connectivity index (χ4v) is 1.15. The number of rotatable bonds is 2. The molecule has 0 saturated heterocycles. The molecular weight excluding hydrogens is 188 g/mol. The molecule has 0 heterocycles. The maximum atomic E-state index is 13.1. The summed E-state index contributed by atoms with van der Waals surface area (Å²) < 4.78 is 25.9. The lowest BCUT2D eigenvalue weighted by molar-refractivity contribution is 0.194. The molecule has 1 aromatic carbocycles. The molecule has 0 spiro atoms. The van der Waals surface area contributed by atoms with Gasteiger partial charge in [-0.1, -0.05) is 0 Å². The summed E-state index contributed by atoms with van der Waals surface area (Å²) in [7, 11) is 0. The summed E-state index contributed by atoms with van der Waals surface area (Å²) in [4.78, 5) is 0. The highest BCUT2D eigenvalue weighted by Gasteiger charge is 2.11. The Labute approximate surface area is 80.4 Å². The molecule has 0 aromatic heterocycles. The number of nitriles is 1. The summed E-state index contributed by atoms with van der Waals surface area (Å²) in [6.45, 7) is 1.49. The average Bonchev–Trinajstić information content (AvgIpc) is 2.09. The summed E-state index contributed by atoms with van der Waals surface area (Å²) in [6, 6.07) is 3.40. The second-order valence-electron chi connectivity index (χ2n) is 3.09. The van der Waals surface area contributed by atoms with Crippen LogP contribution in [0.4, 0.5) is 8.78 Å². The number of aliphatic hydroxyl groups excluding tert-OH is 1. The van der Waals surface area contributed by atoms with Gasteiger partial charge in [-0.25, -0.2) is 8.78 Å². The van der Waals surface area contributed by atoms with E-state index in [0.717, 1.165) is 6.07 Å². The highest BCUT2D eigenvalue weighted by atomic mass is 19.1. The summed E-state index contributed by atoms with van der Waals surface area (Å²) in [5.74, 6) is -1.61. The Kier molecular flexibility index (Phi) is 3.15. The van der Waals surface area contributed by atoms with Gasteiger partial charge in [0, 0.05) is 12.5 Å². The molecular formula is C10H9F2NO. The first-order chi connectivity index (χ1) is 6.54. The first-order valence-electron chi connectivity index (χ1n) is 4.10. The second-order valence-corrected chi connectivity index (χ2v) is 3.09. The van der Waals surface area contributed by atoms with Gasteiger partial charge in [-0.2, -0.15) is 5.26 Å². The summed E-state index contributed by atoms with van der Waals surface area (Å²) in [6.07, 6.45) is -0.651. The van der Waals surface area contributed by atoms with E-state index in [9.17, 15) is 8.78 Å². The molecule has 1 unspecified atom stereocenters. The van der Waals surface area contributed by atoms with Crippen molar-refractivity contribution in [3.05, 3.63) is 34.9 Å². The van der Waals surface area contributed by atoms with Gasteiger partial charge in [0.15, 0.2) is 0 Å². The second kappa shape index (κ2) is 4.16. The highest BCUT2D eigenvalue weighted by Crippen LogP contribution is 2.15. The monoisotopic (exact) mass is 197 g/mol. The van der Waals surface area contributed by atoms with Gasteiger partial charge in [0.2, 0.25) is 0 Å². The Morgan fingerprint density at radius 3 is 2.57 bits per heavy atom. The predicted molar refractivity (Wildman–Crippen MR) is 46.5 cm³/mol. The van der Waals surface area contributed by atoms with E-state index in [2.05, 4.69) is 0 Å². The zero-order valence-corrected chi connectivity index (χ0v) is 7.59. The van der Waals surface area contributed by atoms with Crippen molar-refractivity contribution in [2.24, 2.45) is 0 Å². The van der Waals surface area contributed by atoms with Crippen LogP contribution >= 0.6 is 0 Å². The van der Waals surface area contributed by atoms with Crippen molar-refractivity contribution in [1.29, 1.82) is 5.26 Å². The van der Waals surface area contributed by atoms with Gasteiger partial charge in [0.25, 0.3) is 0 Å². The fraction of sp³-hybridized carbons (Fsp3) is 0.300. The lowest BCUT2D eigenvalue weighted by atomic mass is 10.0. The Morgan fingerprint density at radius 2 is 2.07 bits per heavy atom. The van der Waals surface area contributed by atoms with Crippen LogP contribution in [0.1, 0.15) is 18.1 Å². The van der Waals surface area contributed by atoms with E-state index in [4.69, 9.17) is 10.4 Å². The van der Waals surface area contributed by atoms with E-state index in [1.807, 2.05) is 0 Å². The number of aliphatic hydroxyl groups is 1. The minimum absolute atomic E-state index is 0.0702. The van der Waals surface area contributed by atoms with Crippen molar-refractivity contribution < 1.29 is 13.9 Å². The zero-order chi connectivity index (χ0) is 10.7. The smallest absolute Gasteiger partial charge is 0.143 e. The van der Waals surface area contributed by atoms with Gasteiger partial charge in [-0.3, -0.25) is 0 Å². The first-order valence-corrected chi connectivity index (χ1v) is 4.10. The topological polar surface area (TPSA) is 44.0 Å². The quantitative estimate of drug-likeness (QED) is 0.785. The average molecular weight is 197 g/mol. The fourth-order valence-electron chi connectivity index (χ4n) is 1.15. The zero-order valence-electron chi connectivity index (χ0n) is 7.59. The highest BCUT2D eigenvalue weighted by molar-refractivity contribution is 5.35. The predicted octanol–water partition coefficient (Wildman–Crippen LogP) is 1.76. The summed E-state index contributed by atoms with van der Waals surface area (Å²) in [5.41, 5.74) is -0.0556. The molecule has 0 aliphatic rings. The van der Waals surface area contributed by atoms with Crippen LogP contribution in [-0.2, 0) is 6.42 Å². The standard InChI is InChI=1S/C10H9F2NO/c1-6(14)2-7-3-8(5-13)10(12)4-9(7)11/h3-4,6,14H,2H2,1H3. The van der Waals surface area contributed by atoms with Crippen LogP contribution < -0.4 is 0 Å². The number of hydrogen-bond acceptors (Lipinski definition) is 2. The Bertz CT molecular complexity index is 382. The number of benzene rings is 1. The molecule has 1 rings (SSSR count). The van der Waals surface area contributed by atoms with E-state index in [1.54, 1.807) is 6.07 Å². The van der Waals surface area contributed by atoms with Crippen LogP contribution in [0.2, 0.25) is 0 Å². The molecule has 14 heavy (non-hydrogen) atoms. The van der Waals surface area contributed by atoms with E-state index in [0.29, 0.717) is 6.07 Å². The lowest BCUT2D eigenvalue weighted by Gasteiger charge is -2.06. The van der Waals surface area contributed by atoms with Crippen molar-refractivity contribution in [2.45, 2.75) is 19.4 Å². The number of nitrogens with zero attached hydrogens (tertiary/aromatic N) is 1. The minimum Gasteiger partial charge on any atom is -0.393 e. The van der Waals surface area contributed by atoms with E-state index in [-0.39, 0.29) is 17.5 Å². The van der Waals surface area contributed by atoms with Gasteiger partial charge in [-0.15, -0.1) is 0 Å². The third-order valence-corrected chi connectivity index (χ3v) is 1.77. The molecule has 74 valence electrons. The normalized spacial score (nSPS) is 12.2. The van der Waals surface area contributed by atoms with Crippen molar-refractivity contribution >= 4 is 0 Å². The molecule has 0 fully saturated rings. The van der Waals surface area contributed by atoms with E-state index >= 15 is 0 Å². The van der Waals surface area contributed by atoms with Gasteiger partial charge < -0.3 is 5.11 Å². The molecule has 1 aromatic rings. The van der Waals surface area contributed by atoms with Gasteiger partial charge >= 0.3 is 0 Å². The first kappa shape index (κ1) is 10.6. The molecule has 0 saturated carbocycles. The number of hydrogen-bond donors (Lipinski definition) is 1. The molecule has 4 heteroatoms. The molecule has 1 N–H and O–H groups in total. The van der Waals surface area contributed by atoms with Crippen molar-refractivity contribution in [3.8, 4) is 6.07 Å². The summed E-state index contributed by atoms with van der Waals surface area (Å²) >= 11 is 0. The van der Waals surface area contributed by atoms with Crippen LogP contribution in [0.5, 0.6) is 0 Å². The molecule has 0 aliphatic heterocycles. The van der Waals surface area contributed by atoms with E-state index in [1.165, 1.54) is 6.92 Å². The Morgan fingerprint density at radius 1 is 1.43 bits per heavy atom. The Hall–Kier alpha value is -1.47. The lowest BCUT2D eigenvalue weighted by Crippen LogP contribution is -2.07. The van der Waals surface area contributed by atoms with Crippen molar-refractivity contribution in [1.82, 2.24) is 0 Å². The molecule has 0 aliphatic carbocycles. The molecule has 0 bridgehead atoms. The molecule has 2 nitrogen and oxygen atoms in total. The van der Waals surface area contributed by atoms with Gasteiger partial charge in [0.05, 0.1) is 11.7 Å². The number of halogens is 2. The maximum Gasteiger partial charge on any atom is 0.143 e. The summed E-state index contributed by atoms with van der Waals surface area (Å²) in [5, 5.41) is 17.5.